The van der Waals surface area contributed by atoms with E-state index in [0.29, 0.717) is 0 Å². The predicted molar refractivity (Wildman–Crippen MR) is 237 cm³/mol. The van der Waals surface area contributed by atoms with E-state index >= 15 is 0 Å². The predicted octanol–water partition coefficient (Wildman–Crippen LogP) is 0.712. The van der Waals surface area contributed by atoms with E-state index in [1.54, 1.807) is 80.7 Å². The van der Waals surface area contributed by atoms with E-state index in [2.05, 4.69) is 0 Å². The van der Waals surface area contributed by atoms with E-state index in [1.807, 2.05) is 19.1 Å². The van der Waals surface area contributed by atoms with Crippen LogP contribution >= 0.6 is 0 Å². The maximum atomic E-state index is 12.6. The summed E-state index contributed by atoms with van der Waals surface area (Å²) < 4.78 is 23.1. The third kappa shape index (κ3) is 18.6. The van der Waals surface area contributed by atoms with Crippen molar-refractivity contribution in [2.45, 2.75) is 177 Å². The molecule has 0 aliphatic carbocycles. The summed E-state index contributed by atoms with van der Waals surface area (Å²) in [7, 11) is 0. The third-order valence-electron chi connectivity index (χ3n) is 12.0. The Hall–Kier alpha value is -3.44. The number of fused-ring (bicyclic) bond motifs is 2. The van der Waals surface area contributed by atoms with E-state index in [9.17, 15) is 65.8 Å². The van der Waals surface area contributed by atoms with Crippen LogP contribution in [0.5, 0.6) is 0 Å². The van der Waals surface area contributed by atoms with Crippen molar-refractivity contribution >= 4 is 11.9 Å². The monoisotopic (exact) mass is 923 g/mol. The molecule has 18 nitrogen and oxygen atoms in total. The van der Waals surface area contributed by atoms with Crippen molar-refractivity contribution in [2.24, 2.45) is 23.5 Å². The van der Waals surface area contributed by atoms with Crippen LogP contribution in [0.25, 0.3) is 0 Å². The third-order valence-corrected chi connectivity index (χ3v) is 12.0. The number of nitrogens with two attached hydrogens (primary N) is 1. The normalized spacial score (nSPS) is 45.5. The molecule has 0 saturated carbocycles. The zero-order chi connectivity index (χ0) is 48.4. The van der Waals surface area contributed by atoms with Crippen molar-refractivity contribution < 1.29 is 84.7 Å². The van der Waals surface area contributed by atoms with E-state index in [0.717, 1.165) is 0 Å². The summed E-state index contributed by atoms with van der Waals surface area (Å²) in [6.07, 6.45) is 3.46. The van der Waals surface area contributed by atoms with Gasteiger partial charge in [0.25, 0.3) is 0 Å². The van der Waals surface area contributed by atoms with Gasteiger partial charge in [0.1, 0.15) is 18.1 Å². The van der Waals surface area contributed by atoms with Gasteiger partial charge in [-0.15, -0.1) is 0 Å². The molecule has 3 aliphatic rings. The Morgan fingerprint density at radius 1 is 0.662 bits per heavy atom. The number of hydrogen-bond donors (Lipinski definition) is 12. The van der Waals surface area contributed by atoms with Crippen molar-refractivity contribution in [3.05, 3.63) is 85.1 Å². The molecule has 0 spiro atoms. The molecule has 4 unspecified atom stereocenters. The molecule has 2 saturated heterocycles. The lowest BCUT2D eigenvalue weighted by Gasteiger charge is -2.45. The number of aliphatic hydroxyl groups excluding tert-OH is 9. The fourth-order valence-corrected chi connectivity index (χ4v) is 7.97. The number of esters is 1. The lowest BCUT2D eigenvalue weighted by atomic mass is 9.82. The number of carbonyl (C=O) groups is 2. The molecule has 0 aromatic heterocycles. The smallest absolute Gasteiger partial charge is 0.311 e. The van der Waals surface area contributed by atoms with Gasteiger partial charge in [0.2, 0.25) is 0 Å². The van der Waals surface area contributed by atoms with Gasteiger partial charge in [-0.2, -0.15) is 0 Å². The second kappa shape index (κ2) is 27.4. The number of rotatable bonds is 3. The van der Waals surface area contributed by atoms with E-state index < -0.39 is 147 Å². The van der Waals surface area contributed by atoms with Gasteiger partial charge in [-0.3, -0.25) is 9.59 Å². The zero-order valence-electron chi connectivity index (χ0n) is 37.6. The Morgan fingerprint density at radius 3 is 1.82 bits per heavy atom. The first-order valence-corrected chi connectivity index (χ1v) is 22.3. The van der Waals surface area contributed by atoms with Crippen LogP contribution in [0.3, 0.4) is 0 Å². The molecule has 368 valence electrons. The molecule has 3 aliphatic heterocycles. The molecule has 13 N–H and O–H groups in total. The average molecular weight is 924 g/mol. The molecule has 0 aromatic carbocycles. The lowest BCUT2D eigenvalue weighted by Crippen LogP contribution is -2.61. The molecule has 18 heteroatoms. The molecule has 0 radical (unpaired) electrons. The minimum absolute atomic E-state index is 0.107. The fourth-order valence-electron chi connectivity index (χ4n) is 7.97. The molecule has 3 heterocycles. The average Bonchev–Trinajstić information content (AvgIpc) is 3.21. The van der Waals surface area contributed by atoms with Gasteiger partial charge >= 0.3 is 11.9 Å². The Kier molecular flexibility index (Phi) is 23.6. The van der Waals surface area contributed by atoms with Gasteiger partial charge in [0.15, 0.2) is 12.1 Å². The highest BCUT2D eigenvalue weighted by atomic mass is 16.7. The summed E-state index contributed by atoms with van der Waals surface area (Å²) in [6.45, 7) is 6.74. The molecule has 0 aromatic rings. The summed E-state index contributed by atoms with van der Waals surface area (Å²) in [6, 6.07) is -1.15. The number of hydrogen-bond acceptors (Lipinski definition) is 17. The zero-order valence-corrected chi connectivity index (χ0v) is 37.6. The quantitative estimate of drug-likeness (QED) is 0.174. The summed E-state index contributed by atoms with van der Waals surface area (Å²) >= 11 is 0. The maximum Gasteiger partial charge on any atom is 0.311 e. The topological polar surface area (TPSA) is 320 Å². The fraction of sp³-hybridized carbons (Fsp3) is 0.660. The molecule has 2 fully saturated rings. The minimum atomic E-state index is -2.33. The van der Waals surface area contributed by atoms with Crippen LogP contribution < -0.4 is 5.73 Å². The summed E-state index contributed by atoms with van der Waals surface area (Å²) in [4.78, 5) is 25.1. The Labute approximate surface area is 381 Å². The first-order valence-electron chi connectivity index (χ1n) is 22.3. The van der Waals surface area contributed by atoms with Gasteiger partial charge in [-0.1, -0.05) is 98.9 Å². The molecular formula is C47H73NO17. The molecule has 0 amide bonds. The van der Waals surface area contributed by atoms with Gasteiger partial charge < -0.3 is 80.9 Å². The lowest BCUT2D eigenvalue weighted by molar-refractivity contribution is -0.308. The van der Waals surface area contributed by atoms with Crippen LogP contribution in [0.1, 0.15) is 79.1 Å². The number of carboxylic acids is 1. The second-order valence-corrected chi connectivity index (χ2v) is 17.6. The first-order chi connectivity index (χ1) is 30.6. The Bertz CT molecular complexity index is 1670. The summed E-state index contributed by atoms with van der Waals surface area (Å²) in [5, 5.41) is 118. The molecule has 3 rings (SSSR count). The van der Waals surface area contributed by atoms with Crippen LogP contribution in [-0.4, -0.2) is 166 Å². The maximum absolute atomic E-state index is 12.6. The van der Waals surface area contributed by atoms with Crippen molar-refractivity contribution in [3.63, 3.8) is 0 Å². The number of allylic oxidation sites excluding steroid dienone is 12. The molecule has 2 bridgehead atoms. The van der Waals surface area contributed by atoms with Gasteiger partial charge in [0, 0.05) is 37.5 Å². The standard InChI is InChI=1S/C47H73NO17/c1-27-17-15-13-11-9-7-5-6-8-10-12-14-16-18-34(64-46-44(58)41(48)43(57)30(4)63-46)24-38-40(45(59)60)37(54)26-47(61,65-38)25-33(51)22-36(53)35(52)20-19-31(49)21-32(50)23-39(55)62-29(3)28(2)42(27)56/h5-18,27-38,40-44,46,49-54,56-58,61H,19-26,48H2,1-4H3,(H,59,60)/b6-5+,9-7+,10-8+,13-11+,14-12+,17-15+,18-16+/t27-,28-,29-,30+,31?,32+,33-,34-,35+,36+,37-,38-,40+,41-,42+,43+,44?,46?,47?/m0/s1. The number of cyclic esters (lactones) is 1. The summed E-state index contributed by atoms with van der Waals surface area (Å²) in [5.41, 5.74) is 6.02. The van der Waals surface area contributed by atoms with Crippen LogP contribution in [0.2, 0.25) is 0 Å². The van der Waals surface area contributed by atoms with Crippen molar-refractivity contribution in [3.8, 4) is 0 Å². The SMILES string of the molecule is C[C@@H]1[C@H](O)[C@@H](C)/C=C/C=C/C=C/C=C/C=C/C=C/C=C/[C@H](OC2O[C@H](C)[C@@H](O)[C@H](N)C2O)C[C@@H]2OC(O)(C[C@@H](O)C[C@@H](O)[C@H](O)CCC(O)C[C@@H](O)CC(=O)O[C@H]1C)C[C@H](O)[C@H]2C(=O)O. The van der Waals surface area contributed by atoms with Crippen molar-refractivity contribution in [1.29, 1.82) is 0 Å². The first kappa shape index (κ1) is 55.9. The summed E-state index contributed by atoms with van der Waals surface area (Å²) in [5.74, 6) is -6.83. The van der Waals surface area contributed by atoms with E-state index in [-0.39, 0.29) is 31.6 Å². The van der Waals surface area contributed by atoms with Crippen LogP contribution in [-0.2, 0) is 28.5 Å². The van der Waals surface area contributed by atoms with Crippen LogP contribution in [0.15, 0.2) is 85.1 Å². The number of aliphatic carboxylic acids is 1. The second-order valence-electron chi connectivity index (χ2n) is 17.6. The Balaban J connectivity index is 1.86. The number of carbonyl (C=O) groups excluding carboxylic acids is 1. The molecular weight excluding hydrogens is 851 g/mol. The van der Waals surface area contributed by atoms with Gasteiger partial charge in [-0.25, -0.2) is 0 Å². The van der Waals surface area contributed by atoms with E-state index in [1.165, 1.54) is 13.0 Å². The number of aliphatic hydroxyl groups is 10. The molecule has 65 heavy (non-hydrogen) atoms. The highest BCUT2D eigenvalue weighted by Gasteiger charge is 2.51. The number of carboxylic acid groups (broad SMARTS) is 1. The minimum Gasteiger partial charge on any atom is -0.481 e. The largest absolute Gasteiger partial charge is 0.481 e. The van der Waals surface area contributed by atoms with Gasteiger partial charge in [-0.05, 0) is 33.1 Å². The Morgan fingerprint density at radius 2 is 1.23 bits per heavy atom. The van der Waals surface area contributed by atoms with Crippen LogP contribution in [0, 0.1) is 17.8 Å². The van der Waals surface area contributed by atoms with Crippen molar-refractivity contribution in [2.75, 3.05) is 0 Å². The van der Waals surface area contributed by atoms with Crippen molar-refractivity contribution in [1.82, 2.24) is 0 Å². The highest BCUT2D eigenvalue weighted by molar-refractivity contribution is 5.71. The van der Waals surface area contributed by atoms with E-state index in [4.69, 9.17) is 24.7 Å². The number of ether oxygens (including phenoxy) is 4. The molecule has 19 atom stereocenters. The van der Waals surface area contributed by atoms with Gasteiger partial charge in [0.05, 0.1) is 79.6 Å². The van der Waals surface area contributed by atoms with Crippen LogP contribution in [0.4, 0.5) is 0 Å². The highest BCUT2D eigenvalue weighted by Crippen LogP contribution is 2.38.